The molecule has 5 rings (SSSR count). The maximum Gasteiger partial charge on any atom is 0.319 e. The molecule has 1 aliphatic carbocycles. The Labute approximate surface area is 145 Å². The van der Waals surface area contributed by atoms with Gasteiger partial charge >= 0.3 is 6.03 Å². The number of nitrogens with zero attached hydrogens (tertiary/aromatic N) is 2. The first kappa shape index (κ1) is 15.0. The maximum atomic E-state index is 11.9. The number of urea groups is 1. The summed E-state index contributed by atoms with van der Waals surface area (Å²) in [6.07, 6.45) is 5.33. The van der Waals surface area contributed by atoms with E-state index in [0.717, 1.165) is 28.1 Å². The van der Waals surface area contributed by atoms with E-state index in [1.807, 2.05) is 12.1 Å². The molecule has 3 fully saturated rings. The van der Waals surface area contributed by atoms with E-state index < -0.39 is 0 Å². The van der Waals surface area contributed by atoms with Crippen LogP contribution in [0, 0.1) is 5.92 Å². The van der Waals surface area contributed by atoms with Crippen molar-refractivity contribution in [3.8, 4) is 10.7 Å². The molecule has 0 aromatic carbocycles. The molecule has 0 atom stereocenters. The Morgan fingerprint density at radius 3 is 2.78 bits per heavy atom. The molecule has 2 aromatic heterocycles. The van der Waals surface area contributed by atoms with Gasteiger partial charge in [-0.05, 0) is 46.8 Å². The summed E-state index contributed by atoms with van der Waals surface area (Å²) in [5, 5.41) is 5.61. The average Bonchev–Trinajstić information content (AvgIpc) is 3.21. The van der Waals surface area contributed by atoms with Crippen LogP contribution in [0.2, 0.25) is 0 Å². The number of fused-ring (bicyclic) bond motifs is 1. The largest absolute Gasteiger partial charge is 0.373 e. The highest BCUT2D eigenvalue weighted by Gasteiger charge is 2.51. The molecule has 2 aromatic rings. The highest BCUT2D eigenvalue weighted by atomic mass is 79.9. The van der Waals surface area contributed by atoms with Gasteiger partial charge in [-0.2, -0.15) is 0 Å². The number of aromatic nitrogens is 2. The molecular formula is C15H15BrN4O2S. The lowest BCUT2D eigenvalue weighted by molar-refractivity contribution is 0.00546. The first-order valence-corrected chi connectivity index (χ1v) is 8.99. The molecule has 4 heterocycles. The number of hydrogen-bond acceptors (Lipinski definition) is 5. The summed E-state index contributed by atoms with van der Waals surface area (Å²) >= 11 is 4.98. The zero-order chi connectivity index (χ0) is 15.9. The second-order valence-corrected chi connectivity index (χ2v) is 8.44. The Morgan fingerprint density at radius 2 is 2.17 bits per heavy atom. The van der Waals surface area contributed by atoms with Crippen molar-refractivity contribution in [3.63, 3.8) is 0 Å². The van der Waals surface area contributed by atoms with Gasteiger partial charge in [-0.25, -0.2) is 14.8 Å². The van der Waals surface area contributed by atoms with Crippen molar-refractivity contribution in [2.45, 2.75) is 18.4 Å². The molecule has 2 amide bonds. The van der Waals surface area contributed by atoms with E-state index in [2.05, 4.69) is 36.5 Å². The molecule has 0 unspecified atom stereocenters. The van der Waals surface area contributed by atoms with Crippen molar-refractivity contribution in [1.82, 2.24) is 15.3 Å². The van der Waals surface area contributed by atoms with Crippen molar-refractivity contribution < 1.29 is 9.53 Å². The summed E-state index contributed by atoms with van der Waals surface area (Å²) in [5.74, 6) is 1.34. The summed E-state index contributed by atoms with van der Waals surface area (Å²) in [6.45, 7) is 1.38. The highest BCUT2D eigenvalue weighted by molar-refractivity contribution is 9.11. The predicted molar refractivity (Wildman–Crippen MR) is 91.5 cm³/mol. The summed E-state index contributed by atoms with van der Waals surface area (Å²) in [6, 6.07) is 3.66. The van der Waals surface area contributed by atoms with Crippen LogP contribution in [0.5, 0.6) is 0 Å². The van der Waals surface area contributed by atoms with E-state index >= 15 is 0 Å². The summed E-state index contributed by atoms with van der Waals surface area (Å²) < 4.78 is 6.74. The summed E-state index contributed by atoms with van der Waals surface area (Å²) in [4.78, 5) is 21.5. The van der Waals surface area contributed by atoms with Crippen molar-refractivity contribution >= 4 is 39.0 Å². The zero-order valence-corrected chi connectivity index (χ0v) is 14.6. The number of nitrogens with one attached hydrogen (secondary N) is 2. The number of anilines is 1. The number of ether oxygens (including phenoxy) is 1. The fourth-order valence-electron chi connectivity index (χ4n) is 3.09. The van der Waals surface area contributed by atoms with Crippen LogP contribution < -0.4 is 10.6 Å². The van der Waals surface area contributed by atoms with Gasteiger partial charge in [0.2, 0.25) is 0 Å². The minimum absolute atomic E-state index is 0.116. The van der Waals surface area contributed by atoms with Gasteiger partial charge in [-0.1, -0.05) is 0 Å². The quantitative estimate of drug-likeness (QED) is 0.833. The van der Waals surface area contributed by atoms with Gasteiger partial charge in [-0.3, -0.25) is 0 Å². The molecule has 120 valence electrons. The van der Waals surface area contributed by atoms with E-state index in [1.54, 1.807) is 23.7 Å². The van der Waals surface area contributed by atoms with Crippen molar-refractivity contribution in [1.29, 1.82) is 0 Å². The van der Waals surface area contributed by atoms with Crippen molar-refractivity contribution in [3.05, 3.63) is 28.3 Å². The lowest BCUT2D eigenvalue weighted by Crippen LogP contribution is -2.48. The monoisotopic (exact) mass is 394 g/mol. The lowest BCUT2D eigenvalue weighted by Gasteiger charge is -2.35. The van der Waals surface area contributed by atoms with E-state index in [4.69, 9.17) is 4.74 Å². The number of rotatable bonds is 4. The predicted octanol–water partition coefficient (Wildman–Crippen LogP) is 3.27. The topological polar surface area (TPSA) is 76.1 Å². The summed E-state index contributed by atoms with van der Waals surface area (Å²) in [7, 11) is 0. The average molecular weight is 395 g/mol. The van der Waals surface area contributed by atoms with Gasteiger partial charge in [0.25, 0.3) is 0 Å². The molecule has 2 aliphatic heterocycles. The minimum atomic E-state index is -0.256. The van der Waals surface area contributed by atoms with Gasteiger partial charge in [0, 0.05) is 6.54 Å². The number of amides is 2. The third-order valence-electron chi connectivity index (χ3n) is 4.22. The maximum absolute atomic E-state index is 11.9. The van der Waals surface area contributed by atoms with E-state index in [9.17, 15) is 4.79 Å². The van der Waals surface area contributed by atoms with Crippen LogP contribution in [0.1, 0.15) is 12.8 Å². The van der Waals surface area contributed by atoms with Crippen molar-refractivity contribution in [2.24, 2.45) is 5.92 Å². The van der Waals surface area contributed by atoms with Crippen LogP contribution in [-0.2, 0) is 4.74 Å². The van der Waals surface area contributed by atoms with Gasteiger partial charge in [0.15, 0.2) is 5.82 Å². The fourth-order valence-corrected chi connectivity index (χ4v) is 4.42. The van der Waals surface area contributed by atoms with Crippen LogP contribution >= 0.6 is 27.3 Å². The number of carbonyl (C=O) groups is 1. The standard InChI is InChI=1S/C15H15BrN4O2S/c16-12-2-1-11(23-12)13-17-5-10(6-18-13)20-14(21)19-8-15-3-9(4-15)7-22-15/h1-2,5-6,9H,3-4,7-8H2,(H2,19,20,21). The Kier molecular flexibility index (Phi) is 3.82. The number of thiophene rings is 1. The summed E-state index contributed by atoms with van der Waals surface area (Å²) in [5.41, 5.74) is 0.452. The molecule has 2 saturated heterocycles. The molecule has 3 aliphatic rings. The van der Waals surface area contributed by atoms with Crippen LogP contribution in [-0.4, -0.2) is 34.8 Å². The van der Waals surface area contributed by atoms with Gasteiger partial charge in [0.05, 0.1) is 39.0 Å². The molecule has 2 bridgehead atoms. The van der Waals surface area contributed by atoms with Gasteiger partial charge in [0.1, 0.15) is 0 Å². The molecule has 23 heavy (non-hydrogen) atoms. The third kappa shape index (κ3) is 3.11. The van der Waals surface area contributed by atoms with Crippen LogP contribution in [0.25, 0.3) is 10.7 Å². The normalized spacial score (nSPS) is 25.0. The molecule has 8 heteroatoms. The highest BCUT2D eigenvalue weighted by Crippen LogP contribution is 2.47. The van der Waals surface area contributed by atoms with Crippen molar-refractivity contribution in [2.75, 3.05) is 18.5 Å². The van der Waals surface area contributed by atoms with E-state index in [-0.39, 0.29) is 11.6 Å². The molecule has 0 spiro atoms. The van der Waals surface area contributed by atoms with Crippen LogP contribution in [0.3, 0.4) is 0 Å². The number of halogens is 1. The second-order valence-electron chi connectivity index (χ2n) is 5.98. The number of carbonyl (C=O) groups excluding carboxylic acids is 1. The molecule has 1 saturated carbocycles. The van der Waals surface area contributed by atoms with Gasteiger partial charge in [-0.15, -0.1) is 11.3 Å². The SMILES string of the molecule is O=C(NCC12CC(CO1)C2)Nc1cnc(-c2ccc(Br)s2)nc1. The molecule has 0 radical (unpaired) electrons. The van der Waals surface area contributed by atoms with Crippen LogP contribution in [0.15, 0.2) is 28.3 Å². The van der Waals surface area contributed by atoms with Crippen LogP contribution in [0.4, 0.5) is 10.5 Å². The first-order valence-electron chi connectivity index (χ1n) is 7.38. The molecule has 2 N–H and O–H groups in total. The van der Waals surface area contributed by atoms with Gasteiger partial charge < -0.3 is 15.4 Å². The Morgan fingerprint density at radius 1 is 1.39 bits per heavy atom. The van der Waals surface area contributed by atoms with E-state index in [1.165, 1.54) is 0 Å². The number of hydrogen-bond donors (Lipinski definition) is 2. The lowest BCUT2D eigenvalue weighted by atomic mass is 9.74. The molecular weight excluding hydrogens is 380 g/mol. The minimum Gasteiger partial charge on any atom is -0.373 e. The molecule has 6 nitrogen and oxygen atoms in total. The third-order valence-corrected chi connectivity index (χ3v) is 5.84. The first-order chi connectivity index (χ1) is 11.1. The Bertz CT molecular complexity index is 722. The zero-order valence-electron chi connectivity index (χ0n) is 12.2. The second kappa shape index (κ2) is 5.85. The smallest absolute Gasteiger partial charge is 0.319 e. The Hall–Kier alpha value is -1.51. The fraction of sp³-hybridized carbons (Fsp3) is 0.400. The Balaban J connectivity index is 1.32. The van der Waals surface area contributed by atoms with E-state index in [0.29, 0.717) is 24.0 Å².